The number of ether oxygens (including phenoxy) is 1. The van der Waals surface area contributed by atoms with E-state index in [0.717, 1.165) is 51.6 Å². The van der Waals surface area contributed by atoms with Crippen molar-refractivity contribution in [2.24, 2.45) is 5.41 Å². The minimum absolute atomic E-state index is 0.288. The molecule has 1 aliphatic heterocycles. The second-order valence-electron chi connectivity index (χ2n) is 6.36. The van der Waals surface area contributed by atoms with Gasteiger partial charge in [0, 0.05) is 32.4 Å². The molecule has 108 valence electrons. The van der Waals surface area contributed by atoms with Crippen LogP contribution in [0, 0.1) is 5.41 Å². The van der Waals surface area contributed by atoms with Gasteiger partial charge in [-0.05, 0) is 5.41 Å². The molecule has 0 atom stereocenters. The molecule has 0 radical (unpaired) electrons. The number of hydrogen-bond acceptors (Lipinski definition) is 4. The van der Waals surface area contributed by atoms with Crippen molar-refractivity contribution >= 4 is 5.69 Å². The van der Waals surface area contributed by atoms with Crippen LogP contribution in [0.4, 0.5) is 5.69 Å². The maximum atomic E-state index is 5.35. The van der Waals surface area contributed by atoms with Gasteiger partial charge in [0.05, 0.1) is 31.6 Å². The highest BCUT2D eigenvalue weighted by Gasteiger charge is 2.11. The summed E-state index contributed by atoms with van der Waals surface area (Å²) in [5.74, 6) is 0. The fourth-order valence-electron chi connectivity index (χ4n) is 2.01. The maximum absolute atomic E-state index is 5.35. The van der Waals surface area contributed by atoms with Gasteiger partial charge in [0.15, 0.2) is 0 Å². The Morgan fingerprint density at radius 2 is 2.00 bits per heavy atom. The Morgan fingerprint density at radius 1 is 1.26 bits per heavy atom. The van der Waals surface area contributed by atoms with Crippen molar-refractivity contribution in [1.82, 2.24) is 14.7 Å². The molecule has 1 N–H and O–H groups in total. The number of aromatic nitrogens is 2. The van der Waals surface area contributed by atoms with Crippen molar-refractivity contribution in [3.8, 4) is 0 Å². The van der Waals surface area contributed by atoms with Crippen molar-refractivity contribution in [3.05, 3.63) is 12.4 Å². The minimum Gasteiger partial charge on any atom is -0.382 e. The van der Waals surface area contributed by atoms with Gasteiger partial charge in [-0.1, -0.05) is 20.8 Å². The molecule has 0 aliphatic carbocycles. The van der Waals surface area contributed by atoms with Gasteiger partial charge in [-0.2, -0.15) is 5.10 Å². The fourth-order valence-corrected chi connectivity index (χ4v) is 2.01. The molecule has 5 heteroatoms. The Bertz CT molecular complexity index is 377. The van der Waals surface area contributed by atoms with E-state index in [1.54, 1.807) is 0 Å². The first kappa shape index (κ1) is 14.3. The van der Waals surface area contributed by atoms with Crippen molar-refractivity contribution in [3.63, 3.8) is 0 Å². The Kier molecular flexibility index (Phi) is 4.82. The molecule has 0 aromatic carbocycles. The molecule has 19 heavy (non-hydrogen) atoms. The second-order valence-corrected chi connectivity index (χ2v) is 6.36. The molecule has 1 fully saturated rings. The summed E-state index contributed by atoms with van der Waals surface area (Å²) in [4.78, 5) is 2.42. The average Bonchev–Trinajstić information content (AvgIpc) is 2.82. The monoisotopic (exact) mass is 266 g/mol. The van der Waals surface area contributed by atoms with Gasteiger partial charge < -0.3 is 10.1 Å². The van der Waals surface area contributed by atoms with Crippen LogP contribution in [0.1, 0.15) is 20.8 Å². The largest absolute Gasteiger partial charge is 0.382 e. The highest BCUT2D eigenvalue weighted by atomic mass is 16.5. The third kappa shape index (κ3) is 5.20. The topological polar surface area (TPSA) is 42.3 Å². The van der Waals surface area contributed by atoms with Crippen LogP contribution >= 0.6 is 0 Å². The third-order valence-electron chi connectivity index (χ3n) is 3.21. The Labute approximate surface area is 115 Å². The Balaban J connectivity index is 1.74. The summed E-state index contributed by atoms with van der Waals surface area (Å²) >= 11 is 0. The van der Waals surface area contributed by atoms with E-state index in [1.807, 2.05) is 10.9 Å². The van der Waals surface area contributed by atoms with E-state index in [0.29, 0.717) is 0 Å². The molecule has 0 unspecified atom stereocenters. The molecule has 0 bridgehead atoms. The van der Waals surface area contributed by atoms with Gasteiger partial charge in [-0.25, -0.2) is 0 Å². The lowest BCUT2D eigenvalue weighted by molar-refractivity contribution is 0.0360. The van der Waals surface area contributed by atoms with Gasteiger partial charge >= 0.3 is 0 Å². The highest BCUT2D eigenvalue weighted by Crippen LogP contribution is 2.14. The van der Waals surface area contributed by atoms with E-state index < -0.39 is 0 Å². The summed E-state index contributed by atoms with van der Waals surface area (Å²) in [5.41, 5.74) is 1.40. The fraction of sp³-hybridized carbons (Fsp3) is 0.786. The van der Waals surface area contributed by atoms with Crippen LogP contribution < -0.4 is 5.32 Å². The number of nitrogens with one attached hydrogen (secondary N) is 1. The smallest absolute Gasteiger partial charge is 0.0726 e. The summed E-state index contributed by atoms with van der Waals surface area (Å²) < 4.78 is 7.36. The van der Waals surface area contributed by atoms with Crippen molar-refractivity contribution in [2.75, 3.05) is 44.7 Å². The van der Waals surface area contributed by atoms with E-state index in [1.165, 1.54) is 0 Å². The first-order valence-corrected chi connectivity index (χ1v) is 7.09. The zero-order chi connectivity index (χ0) is 13.7. The SMILES string of the molecule is CC(C)(C)CNc1cnn(CCN2CCOCC2)c1. The van der Waals surface area contributed by atoms with Crippen LogP contribution in [0.5, 0.6) is 0 Å². The van der Waals surface area contributed by atoms with Crippen LogP contribution in [-0.2, 0) is 11.3 Å². The lowest BCUT2D eigenvalue weighted by Crippen LogP contribution is -2.38. The quantitative estimate of drug-likeness (QED) is 0.880. The normalized spacial score (nSPS) is 17.6. The van der Waals surface area contributed by atoms with E-state index in [2.05, 4.69) is 42.3 Å². The molecular weight excluding hydrogens is 240 g/mol. The number of morpholine rings is 1. The molecule has 5 nitrogen and oxygen atoms in total. The molecule has 2 rings (SSSR count). The molecule has 2 heterocycles. The van der Waals surface area contributed by atoms with Crippen LogP contribution in [0.25, 0.3) is 0 Å². The van der Waals surface area contributed by atoms with Crippen molar-refractivity contribution in [2.45, 2.75) is 27.3 Å². The van der Waals surface area contributed by atoms with Gasteiger partial charge in [-0.3, -0.25) is 9.58 Å². The Hall–Kier alpha value is -1.07. The predicted octanol–water partition coefficient (Wildman–Crippen LogP) is 1.67. The van der Waals surface area contributed by atoms with Crippen LogP contribution in [-0.4, -0.2) is 54.1 Å². The molecule has 1 aromatic rings. The zero-order valence-electron chi connectivity index (χ0n) is 12.4. The van der Waals surface area contributed by atoms with Gasteiger partial charge in [0.1, 0.15) is 0 Å². The minimum atomic E-state index is 0.288. The lowest BCUT2D eigenvalue weighted by Gasteiger charge is -2.26. The zero-order valence-corrected chi connectivity index (χ0v) is 12.4. The van der Waals surface area contributed by atoms with E-state index >= 15 is 0 Å². The lowest BCUT2D eigenvalue weighted by atomic mass is 9.97. The predicted molar refractivity (Wildman–Crippen MR) is 77.4 cm³/mol. The third-order valence-corrected chi connectivity index (χ3v) is 3.21. The summed E-state index contributed by atoms with van der Waals surface area (Å²) in [7, 11) is 0. The molecule has 0 spiro atoms. The van der Waals surface area contributed by atoms with Crippen LogP contribution in [0.3, 0.4) is 0 Å². The second kappa shape index (κ2) is 6.39. The number of nitrogens with zero attached hydrogens (tertiary/aromatic N) is 3. The number of hydrogen-bond donors (Lipinski definition) is 1. The van der Waals surface area contributed by atoms with E-state index in [-0.39, 0.29) is 5.41 Å². The standard InChI is InChI=1S/C14H26N4O/c1-14(2,3)12-15-13-10-16-18(11-13)5-4-17-6-8-19-9-7-17/h10-11,15H,4-9,12H2,1-3H3. The maximum Gasteiger partial charge on any atom is 0.0726 e. The summed E-state index contributed by atoms with van der Waals surface area (Å²) in [5, 5.41) is 7.82. The van der Waals surface area contributed by atoms with E-state index in [4.69, 9.17) is 4.74 Å². The number of anilines is 1. The van der Waals surface area contributed by atoms with Crippen LogP contribution in [0.2, 0.25) is 0 Å². The van der Waals surface area contributed by atoms with E-state index in [9.17, 15) is 0 Å². The Morgan fingerprint density at radius 3 is 2.68 bits per heavy atom. The van der Waals surface area contributed by atoms with Crippen LogP contribution in [0.15, 0.2) is 12.4 Å². The number of rotatable bonds is 5. The molecule has 1 saturated heterocycles. The van der Waals surface area contributed by atoms with Gasteiger partial charge in [-0.15, -0.1) is 0 Å². The highest BCUT2D eigenvalue weighted by molar-refractivity contribution is 5.38. The summed E-state index contributed by atoms with van der Waals surface area (Å²) in [6.07, 6.45) is 4.00. The van der Waals surface area contributed by atoms with Crippen molar-refractivity contribution in [1.29, 1.82) is 0 Å². The van der Waals surface area contributed by atoms with Gasteiger partial charge in [0.2, 0.25) is 0 Å². The summed E-state index contributed by atoms with van der Waals surface area (Å²) in [6.45, 7) is 13.4. The summed E-state index contributed by atoms with van der Waals surface area (Å²) in [6, 6.07) is 0. The first-order chi connectivity index (χ1) is 9.03. The van der Waals surface area contributed by atoms with Crippen molar-refractivity contribution < 1.29 is 4.74 Å². The molecule has 0 saturated carbocycles. The molecule has 0 amide bonds. The molecule has 1 aliphatic rings. The first-order valence-electron chi connectivity index (χ1n) is 7.09. The molecular formula is C14H26N4O. The average molecular weight is 266 g/mol. The molecule has 1 aromatic heterocycles. The van der Waals surface area contributed by atoms with Gasteiger partial charge in [0.25, 0.3) is 0 Å².